The van der Waals surface area contributed by atoms with Crippen molar-refractivity contribution in [1.82, 2.24) is 10.1 Å². The number of halogens is 1. The lowest BCUT2D eigenvalue weighted by Crippen LogP contribution is -2.47. The quantitative estimate of drug-likeness (QED) is 0.212. The van der Waals surface area contributed by atoms with Crippen molar-refractivity contribution in [1.29, 1.82) is 0 Å². The largest absolute Gasteiger partial charge is 0.493 e. The number of rotatable bonds is 12. The van der Waals surface area contributed by atoms with E-state index < -0.39 is 12.9 Å². The summed E-state index contributed by atoms with van der Waals surface area (Å²) in [4.78, 5) is 19.2. The van der Waals surface area contributed by atoms with Gasteiger partial charge in [0.25, 0.3) is 0 Å². The summed E-state index contributed by atoms with van der Waals surface area (Å²) in [6.07, 6.45) is 5.75. The fraction of sp³-hybridized carbons (Fsp3) is 0.536. The Kier molecular flexibility index (Phi) is 10.6. The van der Waals surface area contributed by atoms with Gasteiger partial charge in [0.2, 0.25) is 11.8 Å². The maximum atomic E-state index is 13.2. The second-order valence-electron chi connectivity index (χ2n) is 10.4. The highest BCUT2D eigenvalue weighted by molar-refractivity contribution is 6.61. The van der Waals surface area contributed by atoms with Gasteiger partial charge in [0.1, 0.15) is 0 Å². The third-order valence-corrected chi connectivity index (χ3v) is 6.31. The molecule has 2 heterocycles. The van der Waals surface area contributed by atoms with E-state index in [1.54, 1.807) is 4.90 Å². The molecule has 2 aliphatic rings. The molecule has 1 aromatic carbocycles. The first-order chi connectivity index (χ1) is 17.8. The Morgan fingerprint density at radius 3 is 2.57 bits per heavy atom. The molecule has 7 nitrogen and oxygen atoms in total. The highest BCUT2D eigenvalue weighted by Gasteiger charge is 2.34. The number of aryl methyl sites for hydroxylation is 1. The van der Waals surface area contributed by atoms with E-state index in [2.05, 4.69) is 43.7 Å². The van der Waals surface area contributed by atoms with Gasteiger partial charge in [-0.05, 0) is 43.3 Å². The molecular weight excluding hydrogens is 472 g/mol. The van der Waals surface area contributed by atoms with E-state index in [1.807, 2.05) is 24.3 Å². The zero-order chi connectivity index (χ0) is 26.8. The average Bonchev–Trinajstić information content (AvgIpc) is 3.64. The van der Waals surface area contributed by atoms with Crippen molar-refractivity contribution in [2.75, 3.05) is 24.7 Å². The fourth-order valence-corrected chi connectivity index (χ4v) is 4.10. The SMILES string of the molecule is C=C.C=C(F)CCC(=O)N(CCCCCc1nc(C2CC2)no1)c1cccc(B2OCC(C)(C)CO2)c1. The molecular formula is C28H39BFN3O4. The number of allylic oxidation sites excluding steroid dienone is 1. The average molecular weight is 511 g/mol. The highest BCUT2D eigenvalue weighted by Crippen LogP contribution is 2.38. The topological polar surface area (TPSA) is 77.7 Å². The van der Waals surface area contributed by atoms with Crippen LogP contribution in [0.4, 0.5) is 10.1 Å². The molecule has 1 aromatic heterocycles. The normalized spacial score (nSPS) is 16.6. The molecule has 0 N–H and O–H groups in total. The van der Waals surface area contributed by atoms with Crippen LogP contribution in [0.2, 0.25) is 0 Å². The van der Waals surface area contributed by atoms with E-state index in [0.29, 0.717) is 31.6 Å². The van der Waals surface area contributed by atoms with E-state index >= 15 is 0 Å². The molecule has 200 valence electrons. The monoisotopic (exact) mass is 511 g/mol. The van der Waals surface area contributed by atoms with Crippen molar-refractivity contribution in [3.8, 4) is 0 Å². The van der Waals surface area contributed by atoms with Gasteiger partial charge in [-0.25, -0.2) is 4.39 Å². The Morgan fingerprint density at radius 2 is 1.89 bits per heavy atom. The van der Waals surface area contributed by atoms with Crippen LogP contribution in [0.5, 0.6) is 0 Å². The maximum absolute atomic E-state index is 13.2. The summed E-state index contributed by atoms with van der Waals surface area (Å²) in [5.74, 6) is 1.40. The van der Waals surface area contributed by atoms with Crippen molar-refractivity contribution in [3.05, 3.63) is 61.5 Å². The summed E-state index contributed by atoms with van der Waals surface area (Å²) >= 11 is 0. The number of carbonyl (C=O) groups is 1. The van der Waals surface area contributed by atoms with Crippen molar-refractivity contribution in [2.24, 2.45) is 5.41 Å². The van der Waals surface area contributed by atoms with Crippen LogP contribution < -0.4 is 10.4 Å². The zero-order valence-electron chi connectivity index (χ0n) is 22.2. The van der Waals surface area contributed by atoms with Gasteiger partial charge in [-0.15, -0.1) is 13.2 Å². The van der Waals surface area contributed by atoms with Crippen molar-refractivity contribution >= 4 is 24.2 Å². The number of nitrogens with zero attached hydrogens (tertiary/aromatic N) is 3. The van der Waals surface area contributed by atoms with E-state index in [9.17, 15) is 9.18 Å². The molecule has 2 fully saturated rings. The lowest BCUT2D eigenvalue weighted by Gasteiger charge is -2.33. The van der Waals surface area contributed by atoms with Crippen LogP contribution in [0.15, 0.2) is 54.4 Å². The van der Waals surface area contributed by atoms with E-state index in [4.69, 9.17) is 13.8 Å². The van der Waals surface area contributed by atoms with Crippen molar-refractivity contribution < 1.29 is 23.0 Å². The van der Waals surface area contributed by atoms with E-state index in [0.717, 1.165) is 55.5 Å². The number of aromatic nitrogens is 2. The number of unbranched alkanes of at least 4 members (excludes halogenated alkanes) is 2. The van der Waals surface area contributed by atoms with Crippen LogP contribution in [-0.4, -0.2) is 42.9 Å². The van der Waals surface area contributed by atoms with Crippen LogP contribution in [0.25, 0.3) is 0 Å². The number of hydrogen-bond donors (Lipinski definition) is 0. The van der Waals surface area contributed by atoms with Gasteiger partial charge in [0, 0.05) is 56.0 Å². The molecule has 1 amide bonds. The minimum atomic E-state index is -0.483. The number of hydrogen-bond acceptors (Lipinski definition) is 6. The third kappa shape index (κ3) is 8.93. The summed E-state index contributed by atoms with van der Waals surface area (Å²) in [6, 6.07) is 7.68. The number of amides is 1. The molecule has 0 unspecified atom stereocenters. The first-order valence-electron chi connectivity index (χ1n) is 13.1. The molecule has 0 bridgehead atoms. The predicted octanol–water partition coefficient (Wildman–Crippen LogP) is 5.53. The fourth-order valence-electron chi connectivity index (χ4n) is 4.10. The van der Waals surface area contributed by atoms with E-state index in [-0.39, 0.29) is 24.2 Å². The van der Waals surface area contributed by atoms with Gasteiger partial charge in [0.15, 0.2) is 5.82 Å². The lowest BCUT2D eigenvalue weighted by atomic mass is 9.75. The van der Waals surface area contributed by atoms with Crippen LogP contribution in [-0.2, 0) is 20.5 Å². The molecule has 0 spiro atoms. The number of benzene rings is 1. The van der Waals surface area contributed by atoms with Crippen molar-refractivity contribution in [2.45, 2.75) is 71.1 Å². The molecule has 1 saturated heterocycles. The number of anilines is 1. The summed E-state index contributed by atoms with van der Waals surface area (Å²) in [7, 11) is -0.458. The molecule has 1 aliphatic heterocycles. The molecule has 4 rings (SSSR count). The first kappa shape index (κ1) is 28.8. The third-order valence-electron chi connectivity index (χ3n) is 6.31. The Hall–Kier alpha value is -2.78. The van der Waals surface area contributed by atoms with Crippen LogP contribution >= 0.6 is 0 Å². The van der Waals surface area contributed by atoms with Crippen LogP contribution in [0, 0.1) is 5.41 Å². The van der Waals surface area contributed by atoms with Gasteiger partial charge >= 0.3 is 7.12 Å². The van der Waals surface area contributed by atoms with Crippen LogP contribution in [0.3, 0.4) is 0 Å². The molecule has 9 heteroatoms. The molecule has 0 radical (unpaired) electrons. The summed E-state index contributed by atoms with van der Waals surface area (Å²) in [5.41, 5.74) is 1.61. The summed E-state index contributed by atoms with van der Waals surface area (Å²) < 4.78 is 30.4. The van der Waals surface area contributed by atoms with Crippen LogP contribution in [0.1, 0.15) is 76.4 Å². The van der Waals surface area contributed by atoms with Gasteiger partial charge < -0.3 is 18.7 Å². The number of carbonyl (C=O) groups excluding carboxylic acids is 1. The zero-order valence-corrected chi connectivity index (χ0v) is 22.2. The molecule has 2 aromatic rings. The minimum Gasteiger partial charge on any atom is -0.407 e. The molecule has 0 atom stereocenters. The van der Waals surface area contributed by atoms with Crippen molar-refractivity contribution in [3.63, 3.8) is 0 Å². The second kappa shape index (κ2) is 13.7. The Bertz CT molecular complexity index is 1030. The standard InChI is InChI=1S/C26H35BFN3O4.C2H4/c1-19(28)11-14-24(32)31(15-6-4-5-10-23-29-25(30-35-23)20-12-13-20)22-9-7-8-21(16-22)27-33-17-26(2,3)18-34-27;1-2/h7-9,16,20H,1,4-6,10-15,17-18H2,2-3H3;1-2H2. The highest BCUT2D eigenvalue weighted by atomic mass is 19.1. The summed E-state index contributed by atoms with van der Waals surface area (Å²) in [5, 5.41) is 4.06. The second-order valence-corrected chi connectivity index (χ2v) is 10.4. The molecule has 1 saturated carbocycles. The lowest BCUT2D eigenvalue weighted by molar-refractivity contribution is -0.118. The molecule has 37 heavy (non-hydrogen) atoms. The van der Waals surface area contributed by atoms with Gasteiger partial charge in [0.05, 0.1) is 5.83 Å². The minimum absolute atomic E-state index is 0.0223. The Morgan fingerprint density at radius 1 is 1.16 bits per heavy atom. The predicted molar refractivity (Wildman–Crippen MR) is 144 cm³/mol. The van der Waals surface area contributed by atoms with Gasteiger partial charge in [-0.3, -0.25) is 4.79 Å². The van der Waals surface area contributed by atoms with E-state index in [1.165, 1.54) is 0 Å². The van der Waals surface area contributed by atoms with Gasteiger partial charge in [-0.1, -0.05) is 44.1 Å². The Balaban J connectivity index is 0.00000186. The van der Waals surface area contributed by atoms with Gasteiger partial charge in [-0.2, -0.15) is 4.98 Å². The smallest absolute Gasteiger partial charge is 0.407 e. The maximum Gasteiger partial charge on any atom is 0.493 e. The summed E-state index contributed by atoms with van der Waals surface area (Å²) in [6.45, 7) is 15.2. The first-order valence-corrected chi connectivity index (χ1v) is 13.1. The molecule has 1 aliphatic carbocycles. The Labute approximate surface area is 220 Å².